The first-order valence-corrected chi connectivity index (χ1v) is 6.00. The zero-order valence-electron chi connectivity index (χ0n) is 10.1. The molecule has 0 spiro atoms. The molecule has 0 saturated heterocycles. The minimum Gasteiger partial charge on any atom is -0.383 e. The van der Waals surface area contributed by atoms with Crippen molar-refractivity contribution in [3.8, 4) is 0 Å². The highest BCUT2D eigenvalue weighted by Gasteiger charge is 2.16. The predicted octanol–water partition coefficient (Wildman–Crippen LogP) is 1.72. The van der Waals surface area contributed by atoms with Gasteiger partial charge in [-0.05, 0) is 19.1 Å². The molecule has 0 unspecified atom stereocenters. The third-order valence-corrected chi connectivity index (χ3v) is 2.48. The second-order valence-corrected chi connectivity index (χ2v) is 4.02. The number of carbonyl (C=O) groups excluding carboxylic acids is 1. The number of pyridine rings is 1. The number of rotatable bonds is 6. The highest BCUT2D eigenvalue weighted by atomic mass is 35.5. The Balaban J connectivity index is 2.76. The average molecular weight is 257 g/mol. The Labute approximate surface area is 107 Å². The van der Waals surface area contributed by atoms with Crippen molar-refractivity contribution in [3.05, 3.63) is 29.6 Å². The smallest absolute Gasteiger partial charge is 0.272 e. The lowest BCUT2D eigenvalue weighted by Gasteiger charge is -2.20. The summed E-state index contributed by atoms with van der Waals surface area (Å²) in [5.41, 5.74) is 1.28. The van der Waals surface area contributed by atoms with Gasteiger partial charge < -0.3 is 9.64 Å². The first-order valence-electron chi connectivity index (χ1n) is 5.47. The van der Waals surface area contributed by atoms with E-state index < -0.39 is 0 Å². The minimum absolute atomic E-state index is 0.105. The van der Waals surface area contributed by atoms with Crippen LogP contribution in [-0.4, -0.2) is 48.5 Å². The molecular formula is C12H17ClN2O2. The Bertz CT molecular complexity index is 371. The molecule has 1 rings (SSSR count). The third-order valence-electron chi connectivity index (χ3n) is 2.31. The molecule has 0 N–H and O–H groups in total. The van der Waals surface area contributed by atoms with Crippen molar-refractivity contribution in [3.63, 3.8) is 0 Å². The van der Waals surface area contributed by atoms with E-state index in [2.05, 4.69) is 4.98 Å². The Kier molecular flexibility index (Phi) is 5.94. The number of amides is 1. The second-order valence-electron chi connectivity index (χ2n) is 3.64. The summed E-state index contributed by atoms with van der Waals surface area (Å²) in [6, 6.07) is 5.39. The normalized spacial score (nSPS) is 10.3. The number of alkyl halides is 1. The fourth-order valence-corrected chi connectivity index (χ4v) is 1.65. The Hall–Kier alpha value is -1.13. The van der Waals surface area contributed by atoms with Gasteiger partial charge in [0.2, 0.25) is 0 Å². The summed E-state index contributed by atoms with van der Waals surface area (Å²) >= 11 is 5.68. The lowest BCUT2D eigenvalue weighted by molar-refractivity contribution is 0.0702. The molecule has 94 valence electrons. The van der Waals surface area contributed by atoms with Gasteiger partial charge in [0.25, 0.3) is 5.91 Å². The maximum Gasteiger partial charge on any atom is 0.272 e. The number of aryl methyl sites for hydroxylation is 1. The van der Waals surface area contributed by atoms with Gasteiger partial charge in [0, 0.05) is 31.8 Å². The van der Waals surface area contributed by atoms with E-state index in [4.69, 9.17) is 16.3 Å². The van der Waals surface area contributed by atoms with Crippen LogP contribution in [0.3, 0.4) is 0 Å². The van der Waals surface area contributed by atoms with E-state index in [0.29, 0.717) is 31.3 Å². The lowest BCUT2D eigenvalue weighted by atomic mass is 10.3. The predicted molar refractivity (Wildman–Crippen MR) is 67.5 cm³/mol. The third kappa shape index (κ3) is 4.32. The topological polar surface area (TPSA) is 42.4 Å². The van der Waals surface area contributed by atoms with Crippen molar-refractivity contribution in [2.45, 2.75) is 6.92 Å². The molecule has 0 aliphatic carbocycles. The molecule has 1 aromatic heterocycles. The molecule has 0 aromatic carbocycles. The van der Waals surface area contributed by atoms with Crippen LogP contribution in [0.1, 0.15) is 16.2 Å². The van der Waals surface area contributed by atoms with E-state index >= 15 is 0 Å². The van der Waals surface area contributed by atoms with Gasteiger partial charge in [-0.25, -0.2) is 4.98 Å². The van der Waals surface area contributed by atoms with Crippen molar-refractivity contribution in [1.29, 1.82) is 0 Å². The molecule has 1 amide bonds. The second kappa shape index (κ2) is 7.25. The standard InChI is InChI=1S/C12H17ClN2O2/c1-10-4-3-5-11(14-10)12(16)15(7-6-13)8-9-17-2/h3-5H,6-9H2,1-2H3. The van der Waals surface area contributed by atoms with Crippen LogP contribution in [0.15, 0.2) is 18.2 Å². The van der Waals surface area contributed by atoms with E-state index in [9.17, 15) is 4.79 Å². The van der Waals surface area contributed by atoms with Crippen LogP contribution in [0.2, 0.25) is 0 Å². The van der Waals surface area contributed by atoms with Crippen molar-refractivity contribution in [2.75, 3.05) is 32.7 Å². The van der Waals surface area contributed by atoms with Crippen molar-refractivity contribution >= 4 is 17.5 Å². The first-order chi connectivity index (χ1) is 8.19. The highest BCUT2D eigenvalue weighted by molar-refractivity contribution is 6.18. The first kappa shape index (κ1) is 13.9. The molecule has 0 radical (unpaired) electrons. The number of methoxy groups -OCH3 is 1. The molecule has 0 bridgehead atoms. The van der Waals surface area contributed by atoms with E-state index in [1.807, 2.05) is 19.1 Å². The number of hydrogen-bond donors (Lipinski definition) is 0. The summed E-state index contributed by atoms with van der Waals surface area (Å²) in [5, 5.41) is 0. The van der Waals surface area contributed by atoms with Gasteiger partial charge >= 0.3 is 0 Å². The highest BCUT2D eigenvalue weighted by Crippen LogP contribution is 2.04. The van der Waals surface area contributed by atoms with Crippen LogP contribution in [0.4, 0.5) is 0 Å². The van der Waals surface area contributed by atoms with Crippen LogP contribution >= 0.6 is 11.6 Å². The number of carbonyl (C=O) groups is 1. The number of nitrogens with zero attached hydrogens (tertiary/aromatic N) is 2. The van der Waals surface area contributed by atoms with Gasteiger partial charge in [0.05, 0.1) is 6.61 Å². The van der Waals surface area contributed by atoms with E-state index in [0.717, 1.165) is 5.69 Å². The summed E-state index contributed by atoms with van der Waals surface area (Å²) in [6.07, 6.45) is 0. The van der Waals surface area contributed by atoms with E-state index in [1.165, 1.54) is 0 Å². The average Bonchev–Trinajstić information content (AvgIpc) is 2.33. The minimum atomic E-state index is -0.105. The fourth-order valence-electron chi connectivity index (χ4n) is 1.44. The molecule has 0 aliphatic heterocycles. The molecule has 4 nitrogen and oxygen atoms in total. The number of hydrogen-bond acceptors (Lipinski definition) is 3. The lowest BCUT2D eigenvalue weighted by Crippen LogP contribution is -2.36. The quantitative estimate of drug-likeness (QED) is 0.728. The Morgan fingerprint density at radius 3 is 2.82 bits per heavy atom. The summed E-state index contributed by atoms with van der Waals surface area (Å²) < 4.78 is 4.97. The van der Waals surface area contributed by atoms with E-state index in [1.54, 1.807) is 18.1 Å². The van der Waals surface area contributed by atoms with Crippen LogP contribution in [-0.2, 0) is 4.74 Å². The zero-order chi connectivity index (χ0) is 12.7. The van der Waals surface area contributed by atoms with Crippen molar-refractivity contribution in [1.82, 2.24) is 9.88 Å². The maximum atomic E-state index is 12.1. The Morgan fingerprint density at radius 1 is 1.47 bits per heavy atom. The van der Waals surface area contributed by atoms with Crippen molar-refractivity contribution in [2.24, 2.45) is 0 Å². The van der Waals surface area contributed by atoms with Crippen LogP contribution in [0, 0.1) is 6.92 Å². The number of aromatic nitrogens is 1. The Morgan fingerprint density at radius 2 is 2.24 bits per heavy atom. The SMILES string of the molecule is COCCN(CCCl)C(=O)c1cccc(C)n1. The number of halogens is 1. The summed E-state index contributed by atoms with van der Waals surface area (Å²) in [6.45, 7) is 3.38. The van der Waals surface area contributed by atoms with Crippen LogP contribution < -0.4 is 0 Å². The van der Waals surface area contributed by atoms with Gasteiger partial charge in [0.15, 0.2) is 0 Å². The fraction of sp³-hybridized carbons (Fsp3) is 0.500. The molecule has 0 aliphatic rings. The van der Waals surface area contributed by atoms with Gasteiger partial charge in [-0.2, -0.15) is 0 Å². The molecule has 5 heteroatoms. The van der Waals surface area contributed by atoms with Gasteiger partial charge in [0.1, 0.15) is 5.69 Å². The largest absolute Gasteiger partial charge is 0.383 e. The number of ether oxygens (including phenoxy) is 1. The van der Waals surface area contributed by atoms with E-state index in [-0.39, 0.29) is 5.91 Å². The summed E-state index contributed by atoms with van der Waals surface area (Å²) in [4.78, 5) is 18.0. The maximum absolute atomic E-state index is 12.1. The molecule has 0 fully saturated rings. The van der Waals surface area contributed by atoms with Gasteiger partial charge in [-0.1, -0.05) is 6.07 Å². The molecular weight excluding hydrogens is 240 g/mol. The molecule has 1 aromatic rings. The molecule has 0 saturated carbocycles. The summed E-state index contributed by atoms with van der Waals surface area (Å²) in [7, 11) is 1.61. The zero-order valence-corrected chi connectivity index (χ0v) is 10.9. The molecule has 1 heterocycles. The monoisotopic (exact) mass is 256 g/mol. The van der Waals surface area contributed by atoms with Crippen LogP contribution in [0.25, 0.3) is 0 Å². The molecule has 0 atom stereocenters. The summed E-state index contributed by atoms with van der Waals surface area (Å²) in [5.74, 6) is 0.299. The van der Waals surface area contributed by atoms with Crippen molar-refractivity contribution < 1.29 is 9.53 Å². The van der Waals surface area contributed by atoms with Gasteiger partial charge in [-0.3, -0.25) is 4.79 Å². The van der Waals surface area contributed by atoms with Gasteiger partial charge in [-0.15, -0.1) is 11.6 Å². The van der Waals surface area contributed by atoms with Crippen LogP contribution in [0.5, 0.6) is 0 Å². The molecule has 17 heavy (non-hydrogen) atoms.